The Balaban J connectivity index is 1.34. The number of hydrogen-bond donors (Lipinski definition) is 1. The molecule has 4 aromatic rings. The minimum absolute atomic E-state index is 0.0105. The van der Waals surface area contributed by atoms with Gasteiger partial charge in [0.05, 0.1) is 29.2 Å². The summed E-state index contributed by atoms with van der Waals surface area (Å²) in [5.74, 6) is 0.979. The molecule has 1 aromatic carbocycles. The van der Waals surface area contributed by atoms with Gasteiger partial charge < -0.3 is 9.88 Å². The van der Waals surface area contributed by atoms with Crippen molar-refractivity contribution in [1.29, 1.82) is 0 Å². The molecule has 0 saturated carbocycles. The van der Waals surface area contributed by atoms with Gasteiger partial charge in [0.25, 0.3) is 0 Å². The molecule has 1 N–H and O–H groups in total. The van der Waals surface area contributed by atoms with Crippen LogP contribution in [0.2, 0.25) is 0 Å². The molecule has 1 unspecified atom stereocenters. The number of hydrogen-bond acceptors (Lipinski definition) is 5. The van der Waals surface area contributed by atoms with Gasteiger partial charge in [-0.15, -0.1) is 11.3 Å². The number of pyridine rings is 1. The van der Waals surface area contributed by atoms with Crippen LogP contribution in [0.3, 0.4) is 0 Å². The zero-order valence-electron chi connectivity index (χ0n) is 15.2. The Labute approximate surface area is 166 Å². The molecular formula is C21H19N5OS. The van der Waals surface area contributed by atoms with Gasteiger partial charge in [0.1, 0.15) is 10.8 Å². The average molecular weight is 389 g/mol. The summed E-state index contributed by atoms with van der Waals surface area (Å²) in [6, 6.07) is 11.9. The molecule has 5 rings (SSSR count). The Morgan fingerprint density at radius 3 is 3.00 bits per heavy atom. The van der Waals surface area contributed by atoms with Crippen molar-refractivity contribution in [2.75, 3.05) is 6.54 Å². The second kappa shape index (κ2) is 7.16. The number of amides is 1. The first-order valence-electron chi connectivity index (χ1n) is 9.37. The first-order valence-corrected chi connectivity index (χ1v) is 10.2. The molecule has 1 atom stereocenters. The number of imidazole rings is 1. The summed E-state index contributed by atoms with van der Waals surface area (Å²) >= 11 is 1.55. The van der Waals surface area contributed by atoms with E-state index < -0.39 is 0 Å². The number of nitrogens with one attached hydrogen (secondary N) is 1. The van der Waals surface area contributed by atoms with Gasteiger partial charge >= 0.3 is 0 Å². The van der Waals surface area contributed by atoms with E-state index in [0.29, 0.717) is 6.42 Å². The van der Waals surface area contributed by atoms with Crippen LogP contribution in [0.5, 0.6) is 0 Å². The van der Waals surface area contributed by atoms with E-state index >= 15 is 0 Å². The number of aromatic amines is 1. The number of aromatic nitrogens is 4. The minimum Gasteiger partial charge on any atom is -0.340 e. The van der Waals surface area contributed by atoms with Gasteiger partial charge in [0.2, 0.25) is 5.91 Å². The lowest BCUT2D eigenvalue weighted by Gasteiger charge is -2.22. The summed E-state index contributed by atoms with van der Waals surface area (Å²) in [7, 11) is 0. The van der Waals surface area contributed by atoms with Crippen LogP contribution in [0.25, 0.3) is 21.6 Å². The van der Waals surface area contributed by atoms with Gasteiger partial charge in [-0.1, -0.05) is 12.1 Å². The van der Waals surface area contributed by atoms with Crippen molar-refractivity contribution in [3.05, 3.63) is 65.7 Å². The van der Waals surface area contributed by atoms with Crippen LogP contribution in [-0.2, 0) is 11.2 Å². The molecule has 1 aliphatic rings. The molecular weight excluding hydrogens is 370 g/mol. The molecule has 1 saturated heterocycles. The molecule has 7 heteroatoms. The smallest absolute Gasteiger partial charge is 0.229 e. The van der Waals surface area contributed by atoms with Crippen LogP contribution in [0.1, 0.15) is 30.4 Å². The first kappa shape index (κ1) is 17.1. The molecule has 4 heterocycles. The molecule has 6 nitrogen and oxygen atoms in total. The third kappa shape index (κ3) is 3.18. The molecule has 140 valence electrons. The highest BCUT2D eigenvalue weighted by Gasteiger charge is 2.32. The molecule has 1 aliphatic heterocycles. The third-order valence-corrected chi connectivity index (χ3v) is 6.03. The van der Waals surface area contributed by atoms with Gasteiger partial charge in [-0.3, -0.25) is 9.78 Å². The van der Waals surface area contributed by atoms with Gasteiger partial charge in [0, 0.05) is 29.9 Å². The molecule has 28 heavy (non-hydrogen) atoms. The highest BCUT2D eigenvalue weighted by molar-refractivity contribution is 7.13. The van der Waals surface area contributed by atoms with Crippen molar-refractivity contribution >= 4 is 28.3 Å². The van der Waals surface area contributed by atoms with Crippen LogP contribution < -0.4 is 0 Å². The number of thiazole rings is 1. The average Bonchev–Trinajstić information content (AvgIpc) is 3.47. The highest BCUT2D eigenvalue weighted by Crippen LogP contribution is 2.32. The van der Waals surface area contributed by atoms with Crippen LogP contribution in [0.15, 0.2) is 54.2 Å². The maximum atomic E-state index is 13.0. The van der Waals surface area contributed by atoms with Gasteiger partial charge in [0.15, 0.2) is 0 Å². The van der Waals surface area contributed by atoms with Gasteiger partial charge in [-0.2, -0.15) is 0 Å². The van der Waals surface area contributed by atoms with E-state index in [9.17, 15) is 4.79 Å². The number of para-hydroxylation sites is 2. The zero-order valence-corrected chi connectivity index (χ0v) is 16.0. The summed E-state index contributed by atoms with van der Waals surface area (Å²) < 4.78 is 0. The Hall–Kier alpha value is -3.06. The fourth-order valence-electron chi connectivity index (χ4n) is 3.75. The zero-order chi connectivity index (χ0) is 18.9. The first-order chi connectivity index (χ1) is 13.8. The Kier molecular flexibility index (Phi) is 4.37. The molecule has 0 radical (unpaired) electrons. The summed E-state index contributed by atoms with van der Waals surface area (Å²) in [5.41, 5.74) is 3.74. The summed E-state index contributed by atoms with van der Waals surface area (Å²) in [6.45, 7) is 0.764. The van der Waals surface area contributed by atoms with E-state index in [0.717, 1.165) is 52.5 Å². The third-order valence-electron chi connectivity index (χ3n) is 5.09. The lowest BCUT2D eigenvalue weighted by molar-refractivity contribution is -0.131. The number of likely N-dealkylation sites (tertiary alicyclic amines) is 1. The number of carbonyl (C=O) groups excluding carboxylic acids is 1. The van der Waals surface area contributed by atoms with Crippen molar-refractivity contribution in [3.8, 4) is 10.6 Å². The summed E-state index contributed by atoms with van der Waals surface area (Å²) in [6.07, 6.45) is 5.78. The number of carbonyl (C=O) groups is 1. The quantitative estimate of drug-likeness (QED) is 0.573. The van der Waals surface area contributed by atoms with Crippen molar-refractivity contribution in [3.63, 3.8) is 0 Å². The lowest BCUT2D eigenvalue weighted by atomic mass is 10.2. The van der Waals surface area contributed by atoms with Crippen molar-refractivity contribution in [2.24, 2.45) is 0 Å². The topological polar surface area (TPSA) is 74.8 Å². The van der Waals surface area contributed by atoms with E-state index in [1.807, 2.05) is 46.7 Å². The molecule has 3 aromatic heterocycles. The number of nitrogens with zero attached hydrogens (tertiary/aromatic N) is 4. The maximum Gasteiger partial charge on any atom is 0.229 e. The van der Waals surface area contributed by atoms with Crippen LogP contribution in [0.4, 0.5) is 0 Å². The Morgan fingerprint density at radius 1 is 1.21 bits per heavy atom. The molecule has 0 bridgehead atoms. The van der Waals surface area contributed by atoms with Crippen molar-refractivity contribution in [1.82, 2.24) is 24.8 Å². The molecule has 0 aliphatic carbocycles. The van der Waals surface area contributed by atoms with Crippen LogP contribution in [-0.4, -0.2) is 37.3 Å². The monoisotopic (exact) mass is 389 g/mol. The van der Waals surface area contributed by atoms with Crippen LogP contribution in [0, 0.1) is 0 Å². The van der Waals surface area contributed by atoms with Crippen molar-refractivity contribution < 1.29 is 4.79 Å². The fourth-order valence-corrected chi connectivity index (χ4v) is 4.56. The van der Waals surface area contributed by atoms with Crippen LogP contribution >= 0.6 is 11.3 Å². The van der Waals surface area contributed by atoms with Gasteiger partial charge in [-0.25, -0.2) is 9.97 Å². The number of rotatable bonds is 4. The normalized spacial score (nSPS) is 16.7. The minimum atomic E-state index is 0.0105. The Bertz CT molecular complexity index is 1090. The second-order valence-corrected chi connectivity index (χ2v) is 7.80. The van der Waals surface area contributed by atoms with E-state index in [4.69, 9.17) is 4.98 Å². The van der Waals surface area contributed by atoms with Gasteiger partial charge in [-0.05, 0) is 37.1 Å². The Morgan fingerprint density at radius 2 is 2.14 bits per heavy atom. The predicted octanol–water partition coefficient (Wildman–Crippen LogP) is 3.99. The van der Waals surface area contributed by atoms with E-state index in [2.05, 4.69) is 15.0 Å². The van der Waals surface area contributed by atoms with E-state index in [1.165, 1.54) is 0 Å². The fraction of sp³-hybridized carbons (Fsp3) is 0.238. The summed E-state index contributed by atoms with van der Waals surface area (Å²) in [4.78, 5) is 31.8. The second-order valence-electron chi connectivity index (χ2n) is 6.95. The number of H-pyrrole nitrogens is 1. The van der Waals surface area contributed by atoms with E-state index in [-0.39, 0.29) is 11.9 Å². The molecule has 0 spiro atoms. The number of benzene rings is 1. The van der Waals surface area contributed by atoms with E-state index in [1.54, 1.807) is 23.7 Å². The maximum absolute atomic E-state index is 13.0. The largest absolute Gasteiger partial charge is 0.340 e. The molecule has 1 fully saturated rings. The highest BCUT2D eigenvalue weighted by atomic mass is 32.1. The lowest BCUT2D eigenvalue weighted by Crippen LogP contribution is -2.32. The summed E-state index contributed by atoms with van der Waals surface area (Å²) in [5, 5.41) is 2.86. The standard InChI is InChI=1S/C21H19N5OS/c27-19(11-15-13-28-21(23-15)14-5-3-9-22-12-14)26-10-4-8-18(26)20-24-16-6-1-2-7-17(16)25-20/h1-3,5-7,9,12-13,18H,4,8,10-11H2,(H,24,25). The van der Waals surface area contributed by atoms with Crippen molar-refractivity contribution in [2.45, 2.75) is 25.3 Å². The SMILES string of the molecule is O=C(Cc1csc(-c2cccnc2)n1)N1CCCC1c1nc2ccccc2[nH]1. The molecule has 1 amide bonds. The predicted molar refractivity (Wildman–Crippen MR) is 109 cm³/mol. The number of fused-ring (bicyclic) bond motifs is 1.